The molecule has 25 heavy (non-hydrogen) atoms. The third-order valence-electron chi connectivity index (χ3n) is 3.76. The number of para-hydroxylation sites is 1. The lowest BCUT2D eigenvalue weighted by Crippen LogP contribution is -2.34. The van der Waals surface area contributed by atoms with Crippen LogP contribution in [0.25, 0.3) is 0 Å². The Morgan fingerprint density at radius 2 is 2.12 bits per heavy atom. The van der Waals surface area contributed by atoms with Crippen molar-refractivity contribution in [3.05, 3.63) is 75.6 Å². The van der Waals surface area contributed by atoms with Gasteiger partial charge in [-0.1, -0.05) is 35.5 Å². The maximum absolute atomic E-state index is 13.3. The van der Waals surface area contributed by atoms with Crippen LogP contribution in [-0.4, -0.2) is 22.6 Å². The number of rotatable bonds is 5. The van der Waals surface area contributed by atoms with Gasteiger partial charge in [-0.15, -0.1) is 0 Å². The molecule has 2 aromatic rings. The number of oxime groups is 1. The molecule has 0 unspecified atom stereocenters. The summed E-state index contributed by atoms with van der Waals surface area (Å²) >= 11 is 0. The summed E-state index contributed by atoms with van der Waals surface area (Å²) in [5.41, 5.74) is 1.36. The maximum Gasteiger partial charge on any atom is 0.274 e. The van der Waals surface area contributed by atoms with E-state index >= 15 is 0 Å². The highest BCUT2D eigenvalue weighted by atomic mass is 19.1. The Morgan fingerprint density at radius 3 is 2.88 bits per heavy atom. The molecule has 0 aromatic heterocycles. The lowest BCUT2D eigenvalue weighted by molar-refractivity contribution is -0.385. The first-order chi connectivity index (χ1) is 12.0. The first-order valence-corrected chi connectivity index (χ1v) is 7.53. The second-order valence-corrected chi connectivity index (χ2v) is 5.45. The van der Waals surface area contributed by atoms with Crippen LogP contribution in [0.5, 0.6) is 0 Å². The van der Waals surface area contributed by atoms with Gasteiger partial charge in [0.1, 0.15) is 5.82 Å². The van der Waals surface area contributed by atoms with Gasteiger partial charge in [0.25, 0.3) is 11.6 Å². The van der Waals surface area contributed by atoms with Gasteiger partial charge in [0, 0.05) is 30.2 Å². The van der Waals surface area contributed by atoms with E-state index in [-0.39, 0.29) is 18.7 Å². The normalized spacial score (nSPS) is 16.0. The summed E-state index contributed by atoms with van der Waals surface area (Å²) in [5.74, 6) is -0.835. The molecule has 1 heterocycles. The number of nitro groups is 1. The van der Waals surface area contributed by atoms with Crippen molar-refractivity contribution in [1.29, 1.82) is 0 Å². The second-order valence-electron chi connectivity index (χ2n) is 5.45. The van der Waals surface area contributed by atoms with Crippen LogP contribution in [0.4, 0.5) is 10.1 Å². The summed E-state index contributed by atoms with van der Waals surface area (Å²) in [6.07, 6.45) is -0.646. The molecule has 0 aliphatic carbocycles. The van der Waals surface area contributed by atoms with Crippen molar-refractivity contribution in [2.75, 3.05) is 0 Å². The zero-order valence-electron chi connectivity index (χ0n) is 13.0. The zero-order chi connectivity index (χ0) is 17.8. The fourth-order valence-corrected chi connectivity index (χ4v) is 2.49. The molecule has 7 nitrogen and oxygen atoms in total. The van der Waals surface area contributed by atoms with Gasteiger partial charge < -0.3 is 10.2 Å². The number of hydrogen-bond acceptors (Lipinski definition) is 5. The van der Waals surface area contributed by atoms with E-state index in [4.69, 9.17) is 4.84 Å². The monoisotopic (exact) mass is 343 g/mol. The molecule has 1 amide bonds. The molecule has 1 N–H and O–H groups in total. The van der Waals surface area contributed by atoms with E-state index in [0.29, 0.717) is 16.8 Å². The molecule has 0 radical (unpaired) electrons. The Morgan fingerprint density at radius 1 is 1.32 bits per heavy atom. The molecule has 1 aliphatic rings. The van der Waals surface area contributed by atoms with Crippen LogP contribution < -0.4 is 5.32 Å². The van der Waals surface area contributed by atoms with Crippen LogP contribution in [0.15, 0.2) is 53.7 Å². The number of benzene rings is 2. The SMILES string of the molecule is O=C(NCc1ccccc1[N+](=O)[O-])[C@@H]1CC(c2cccc(F)c2)=NO1. The molecular weight excluding hydrogens is 329 g/mol. The van der Waals surface area contributed by atoms with E-state index in [1.807, 2.05) is 0 Å². The van der Waals surface area contributed by atoms with Crippen LogP contribution in [0.1, 0.15) is 17.5 Å². The summed E-state index contributed by atoms with van der Waals surface area (Å²) in [5, 5.41) is 17.4. The zero-order valence-corrected chi connectivity index (χ0v) is 13.0. The van der Waals surface area contributed by atoms with Crippen molar-refractivity contribution >= 4 is 17.3 Å². The minimum absolute atomic E-state index is 0.00510. The average Bonchev–Trinajstić information content (AvgIpc) is 3.10. The molecule has 2 aromatic carbocycles. The predicted molar refractivity (Wildman–Crippen MR) is 87.4 cm³/mol. The Labute approximate surface area is 142 Å². The molecular formula is C17H14FN3O4. The number of amides is 1. The van der Waals surface area contributed by atoms with Crippen LogP contribution in [-0.2, 0) is 16.2 Å². The van der Waals surface area contributed by atoms with Gasteiger partial charge in [-0.05, 0) is 12.1 Å². The van der Waals surface area contributed by atoms with Crippen LogP contribution in [0, 0.1) is 15.9 Å². The van der Waals surface area contributed by atoms with Gasteiger partial charge >= 0.3 is 0 Å². The van der Waals surface area contributed by atoms with Crippen molar-refractivity contribution in [3.8, 4) is 0 Å². The Balaban J connectivity index is 1.60. The number of nitrogens with one attached hydrogen (secondary N) is 1. The van der Waals surface area contributed by atoms with E-state index in [9.17, 15) is 19.3 Å². The highest BCUT2D eigenvalue weighted by molar-refractivity contribution is 6.04. The maximum atomic E-state index is 13.3. The van der Waals surface area contributed by atoms with Gasteiger partial charge in [0.2, 0.25) is 6.10 Å². The Hall–Kier alpha value is -3.29. The van der Waals surface area contributed by atoms with Gasteiger partial charge in [-0.25, -0.2) is 4.39 Å². The lowest BCUT2D eigenvalue weighted by atomic mass is 10.0. The van der Waals surface area contributed by atoms with E-state index < -0.39 is 22.8 Å². The average molecular weight is 343 g/mol. The third kappa shape index (κ3) is 3.79. The van der Waals surface area contributed by atoms with Crippen molar-refractivity contribution in [1.82, 2.24) is 5.32 Å². The number of carbonyl (C=O) groups excluding carboxylic acids is 1. The van der Waals surface area contributed by atoms with E-state index in [1.165, 1.54) is 18.2 Å². The van der Waals surface area contributed by atoms with Crippen molar-refractivity contribution in [3.63, 3.8) is 0 Å². The van der Waals surface area contributed by atoms with Gasteiger partial charge in [-0.3, -0.25) is 14.9 Å². The largest absolute Gasteiger partial charge is 0.382 e. The van der Waals surface area contributed by atoms with Gasteiger partial charge in [-0.2, -0.15) is 0 Å². The number of halogens is 1. The molecule has 1 aliphatic heterocycles. The smallest absolute Gasteiger partial charge is 0.274 e. The van der Waals surface area contributed by atoms with E-state index in [2.05, 4.69) is 10.5 Å². The molecule has 1 atom stereocenters. The summed E-state index contributed by atoms with van der Waals surface area (Å²) in [6.45, 7) is 0.00510. The number of hydrogen-bond donors (Lipinski definition) is 1. The van der Waals surface area contributed by atoms with Crippen molar-refractivity contribution < 1.29 is 18.9 Å². The van der Waals surface area contributed by atoms with Gasteiger partial charge in [0.15, 0.2) is 0 Å². The standard InChI is InChI=1S/C17H14FN3O4/c18-13-6-3-5-11(8-13)14-9-16(25-20-14)17(22)19-10-12-4-1-2-7-15(12)21(23)24/h1-8,16H,9-10H2,(H,19,22)/t16-/m0/s1. The molecule has 0 spiro atoms. The summed E-state index contributed by atoms with van der Waals surface area (Å²) < 4.78 is 13.3. The molecule has 0 bridgehead atoms. The van der Waals surface area contributed by atoms with E-state index in [0.717, 1.165) is 0 Å². The molecule has 8 heteroatoms. The molecule has 3 rings (SSSR count). The second kappa shape index (κ2) is 7.08. The highest BCUT2D eigenvalue weighted by Crippen LogP contribution is 2.19. The topological polar surface area (TPSA) is 93.8 Å². The third-order valence-corrected chi connectivity index (χ3v) is 3.76. The molecule has 0 saturated carbocycles. The quantitative estimate of drug-likeness (QED) is 0.667. The fraction of sp³-hybridized carbons (Fsp3) is 0.176. The Kier molecular flexibility index (Phi) is 4.69. The van der Waals surface area contributed by atoms with E-state index in [1.54, 1.807) is 30.3 Å². The molecule has 0 saturated heterocycles. The summed E-state index contributed by atoms with van der Waals surface area (Å²) in [4.78, 5) is 27.8. The summed E-state index contributed by atoms with van der Waals surface area (Å²) in [7, 11) is 0. The number of nitrogens with zero attached hydrogens (tertiary/aromatic N) is 2. The van der Waals surface area contributed by atoms with Gasteiger partial charge in [0.05, 0.1) is 10.6 Å². The predicted octanol–water partition coefficient (Wildman–Crippen LogP) is 2.54. The molecule has 0 fully saturated rings. The van der Waals surface area contributed by atoms with Crippen LogP contribution in [0.2, 0.25) is 0 Å². The number of nitro benzene ring substituents is 1. The lowest BCUT2D eigenvalue weighted by Gasteiger charge is -2.09. The highest BCUT2D eigenvalue weighted by Gasteiger charge is 2.29. The minimum Gasteiger partial charge on any atom is -0.382 e. The Bertz CT molecular complexity index is 853. The summed E-state index contributed by atoms with van der Waals surface area (Å²) in [6, 6.07) is 12.0. The van der Waals surface area contributed by atoms with Crippen LogP contribution in [0.3, 0.4) is 0 Å². The number of carbonyl (C=O) groups is 1. The fourth-order valence-electron chi connectivity index (χ4n) is 2.49. The molecule has 128 valence electrons. The minimum atomic E-state index is -0.846. The first kappa shape index (κ1) is 16.6. The first-order valence-electron chi connectivity index (χ1n) is 7.53. The van der Waals surface area contributed by atoms with Crippen molar-refractivity contribution in [2.24, 2.45) is 5.16 Å². The van der Waals surface area contributed by atoms with Crippen molar-refractivity contribution in [2.45, 2.75) is 19.1 Å². The van der Waals surface area contributed by atoms with Crippen LogP contribution >= 0.6 is 0 Å².